The van der Waals surface area contributed by atoms with Crippen molar-refractivity contribution in [3.8, 4) is 0 Å². The Bertz CT molecular complexity index is 243. The van der Waals surface area contributed by atoms with Crippen molar-refractivity contribution in [2.24, 2.45) is 22.6 Å². The third-order valence-corrected chi connectivity index (χ3v) is 3.27. The van der Waals surface area contributed by atoms with Gasteiger partial charge in [0.1, 0.15) is 0 Å². The quantitative estimate of drug-likeness (QED) is 0.443. The van der Waals surface area contributed by atoms with Gasteiger partial charge in [-0.2, -0.15) is 0 Å². The van der Waals surface area contributed by atoms with Gasteiger partial charge in [0, 0.05) is 19.6 Å². The molecule has 1 aliphatic heterocycles. The number of nitrogens with two attached hydrogens (primary N) is 1. The van der Waals surface area contributed by atoms with E-state index < -0.39 is 0 Å². The van der Waals surface area contributed by atoms with Gasteiger partial charge < -0.3 is 16.0 Å². The molecule has 3 N–H and O–H groups in total. The number of guanidine groups is 1. The van der Waals surface area contributed by atoms with Crippen LogP contribution in [0.3, 0.4) is 0 Å². The molecule has 1 unspecified atom stereocenters. The van der Waals surface area contributed by atoms with E-state index in [0.29, 0.717) is 17.8 Å². The molecule has 0 amide bonds. The zero-order chi connectivity index (χ0) is 12.7. The summed E-state index contributed by atoms with van der Waals surface area (Å²) < 4.78 is 0. The van der Waals surface area contributed by atoms with Gasteiger partial charge in [-0.3, -0.25) is 4.99 Å². The van der Waals surface area contributed by atoms with Crippen LogP contribution in [0.25, 0.3) is 0 Å². The van der Waals surface area contributed by atoms with Gasteiger partial charge >= 0.3 is 0 Å². The largest absolute Gasteiger partial charge is 0.370 e. The minimum Gasteiger partial charge on any atom is -0.370 e. The summed E-state index contributed by atoms with van der Waals surface area (Å²) in [4.78, 5) is 6.82. The number of likely N-dealkylation sites (tertiary alicyclic amines) is 1. The van der Waals surface area contributed by atoms with Gasteiger partial charge in [0.15, 0.2) is 5.96 Å². The maximum absolute atomic E-state index is 5.84. The van der Waals surface area contributed by atoms with Crippen LogP contribution in [-0.2, 0) is 0 Å². The van der Waals surface area contributed by atoms with Crippen molar-refractivity contribution in [1.82, 2.24) is 10.2 Å². The molecule has 1 atom stereocenters. The molecule has 0 aromatic heterocycles. The topological polar surface area (TPSA) is 53.6 Å². The fourth-order valence-corrected chi connectivity index (χ4v) is 2.19. The molecule has 0 spiro atoms. The second-order valence-electron chi connectivity index (χ2n) is 5.61. The van der Waals surface area contributed by atoms with Crippen LogP contribution in [0.1, 0.15) is 33.1 Å². The number of halogens is 1. The van der Waals surface area contributed by atoms with Crippen molar-refractivity contribution in [3.63, 3.8) is 0 Å². The lowest BCUT2D eigenvalue weighted by Crippen LogP contribution is -2.36. The Morgan fingerprint density at radius 3 is 2.83 bits per heavy atom. The molecule has 1 rings (SSSR count). The molecule has 0 bridgehead atoms. The van der Waals surface area contributed by atoms with Gasteiger partial charge in [-0.15, -0.1) is 24.0 Å². The van der Waals surface area contributed by atoms with E-state index in [-0.39, 0.29) is 24.0 Å². The second-order valence-corrected chi connectivity index (χ2v) is 5.61. The smallest absolute Gasteiger partial charge is 0.188 e. The highest BCUT2D eigenvalue weighted by molar-refractivity contribution is 14.0. The average Bonchev–Trinajstić information content (AvgIpc) is 2.26. The van der Waals surface area contributed by atoms with Crippen molar-refractivity contribution in [3.05, 3.63) is 0 Å². The Hall–Kier alpha value is -0.0400. The van der Waals surface area contributed by atoms with E-state index in [1.54, 1.807) is 0 Å². The number of nitrogens with one attached hydrogen (secondary N) is 1. The molecule has 1 fully saturated rings. The Morgan fingerprint density at radius 2 is 2.22 bits per heavy atom. The van der Waals surface area contributed by atoms with E-state index in [1.807, 2.05) is 0 Å². The van der Waals surface area contributed by atoms with Crippen LogP contribution < -0.4 is 11.1 Å². The lowest BCUT2D eigenvalue weighted by molar-refractivity contribution is 0.214. The van der Waals surface area contributed by atoms with Crippen LogP contribution >= 0.6 is 24.0 Å². The normalized spacial score (nSPS) is 21.8. The molecular weight excluding hydrogens is 339 g/mol. The minimum absolute atomic E-state index is 0. The van der Waals surface area contributed by atoms with Crippen LogP contribution in [0.2, 0.25) is 0 Å². The number of piperidine rings is 1. The first-order valence-corrected chi connectivity index (χ1v) is 6.80. The lowest BCUT2D eigenvalue weighted by atomic mass is 9.99. The zero-order valence-electron chi connectivity index (χ0n) is 12.0. The molecule has 1 saturated heterocycles. The summed E-state index contributed by atoms with van der Waals surface area (Å²) in [7, 11) is 2.18. The Morgan fingerprint density at radius 1 is 1.50 bits per heavy atom. The van der Waals surface area contributed by atoms with E-state index in [1.165, 1.54) is 19.4 Å². The van der Waals surface area contributed by atoms with Gasteiger partial charge in [0.25, 0.3) is 0 Å². The molecule has 0 radical (unpaired) electrons. The van der Waals surface area contributed by atoms with E-state index in [0.717, 1.165) is 26.1 Å². The van der Waals surface area contributed by atoms with Crippen molar-refractivity contribution < 1.29 is 0 Å². The Labute approximate surface area is 129 Å². The van der Waals surface area contributed by atoms with Crippen LogP contribution in [-0.4, -0.2) is 44.1 Å². The summed E-state index contributed by atoms with van der Waals surface area (Å²) in [6, 6.07) is 0. The summed E-state index contributed by atoms with van der Waals surface area (Å²) in [5.74, 6) is 2.00. The molecule has 5 heteroatoms. The monoisotopic (exact) mass is 368 g/mol. The molecular formula is C13H29IN4. The third-order valence-electron chi connectivity index (χ3n) is 3.27. The predicted octanol–water partition coefficient (Wildman–Crippen LogP) is 1.90. The first kappa shape index (κ1) is 18.0. The summed E-state index contributed by atoms with van der Waals surface area (Å²) in [6.07, 6.45) is 3.72. The summed E-state index contributed by atoms with van der Waals surface area (Å²) >= 11 is 0. The van der Waals surface area contributed by atoms with Gasteiger partial charge in [-0.25, -0.2) is 0 Å². The standard InChI is InChI=1S/C13H28N4.HI/c1-11(2)6-7-15-13(14)16-9-12-5-4-8-17(3)10-12;/h11-12H,4-10H2,1-3H3,(H3,14,15,16);1H. The van der Waals surface area contributed by atoms with E-state index in [4.69, 9.17) is 5.73 Å². The van der Waals surface area contributed by atoms with Gasteiger partial charge in [0.2, 0.25) is 0 Å². The summed E-state index contributed by atoms with van der Waals surface area (Å²) in [6.45, 7) is 8.60. The maximum Gasteiger partial charge on any atom is 0.188 e. The van der Waals surface area contributed by atoms with E-state index in [2.05, 4.69) is 36.1 Å². The molecule has 0 aromatic rings. The fourth-order valence-electron chi connectivity index (χ4n) is 2.19. The summed E-state index contributed by atoms with van der Waals surface area (Å²) in [5.41, 5.74) is 5.84. The van der Waals surface area contributed by atoms with Gasteiger partial charge in [0.05, 0.1) is 0 Å². The molecule has 1 heterocycles. The van der Waals surface area contributed by atoms with Crippen LogP contribution in [0.15, 0.2) is 4.99 Å². The first-order chi connectivity index (χ1) is 8.08. The lowest BCUT2D eigenvalue weighted by Gasteiger charge is -2.28. The number of nitrogens with zero attached hydrogens (tertiary/aromatic N) is 2. The van der Waals surface area contributed by atoms with Crippen molar-refractivity contribution >= 4 is 29.9 Å². The number of rotatable bonds is 5. The Balaban J connectivity index is 0.00000289. The average molecular weight is 368 g/mol. The van der Waals surface area contributed by atoms with E-state index >= 15 is 0 Å². The first-order valence-electron chi connectivity index (χ1n) is 6.80. The predicted molar refractivity (Wildman–Crippen MR) is 89.6 cm³/mol. The highest BCUT2D eigenvalue weighted by Gasteiger charge is 2.16. The van der Waals surface area contributed by atoms with Crippen LogP contribution in [0.5, 0.6) is 0 Å². The minimum atomic E-state index is 0. The third kappa shape index (κ3) is 8.13. The zero-order valence-corrected chi connectivity index (χ0v) is 14.3. The molecule has 1 aliphatic rings. The molecule has 4 nitrogen and oxygen atoms in total. The molecule has 0 aliphatic carbocycles. The van der Waals surface area contributed by atoms with Crippen LogP contribution in [0.4, 0.5) is 0 Å². The van der Waals surface area contributed by atoms with Crippen molar-refractivity contribution in [1.29, 1.82) is 0 Å². The van der Waals surface area contributed by atoms with Gasteiger partial charge in [-0.1, -0.05) is 13.8 Å². The van der Waals surface area contributed by atoms with Crippen molar-refractivity contribution in [2.45, 2.75) is 33.1 Å². The number of hydrogen-bond acceptors (Lipinski definition) is 2. The number of aliphatic imine (C=N–C) groups is 1. The highest BCUT2D eigenvalue weighted by Crippen LogP contribution is 2.14. The summed E-state index contributed by atoms with van der Waals surface area (Å²) in [5, 5.41) is 3.18. The molecule has 0 aromatic carbocycles. The van der Waals surface area contributed by atoms with Crippen molar-refractivity contribution in [2.75, 3.05) is 33.2 Å². The Kier molecular flexibility index (Phi) is 9.81. The maximum atomic E-state index is 5.84. The highest BCUT2D eigenvalue weighted by atomic mass is 127. The molecule has 18 heavy (non-hydrogen) atoms. The number of hydrogen-bond donors (Lipinski definition) is 2. The van der Waals surface area contributed by atoms with Gasteiger partial charge in [-0.05, 0) is 44.7 Å². The van der Waals surface area contributed by atoms with E-state index in [9.17, 15) is 0 Å². The fraction of sp³-hybridized carbons (Fsp3) is 0.923. The second kappa shape index (κ2) is 9.83. The molecule has 0 saturated carbocycles. The molecule has 108 valence electrons. The SMILES string of the molecule is CC(C)CCNC(N)=NCC1CCCN(C)C1.I. The van der Waals surface area contributed by atoms with Crippen LogP contribution in [0, 0.1) is 11.8 Å².